The Bertz CT molecular complexity index is 556. The number of benzene rings is 1. The van der Waals surface area contributed by atoms with Crippen LogP contribution in [0, 0.1) is 27.7 Å². The van der Waals surface area contributed by atoms with Crippen LogP contribution in [0.5, 0.6) is 0 Å². The first-order valence-electron chi connectivity index (χ1n) is 5.73. The highest BCUT2D eigenvalue weighted by Gasteiger charge is 2.09. The lowest BCUT2D eigenvalue weighted by atomic mass is 10.1. The first-order chi connectivity index (χ1) is 8.04. The van der Waals surface area contributed by atoms with Crippen LogP contribution < -0.4 is 0 Å². The minimum Gasteiger partial charge on any atom is -0.238 e. The molecule has 2 rings (SSSR count). The first-order valence-corrected chi connectivity index (χ1v) is 6.85. The maximum atomic E-state index is 4.58. The second kappa shape index (κ2) is 4.65. The Kier molecular flexibility index (Phi) is 3.38. The van der Waals surface area contributed by atoms with E-state index in [2.05, 4.69) is 66.9 Å². The van der Waals surface area contributed by atoms with Crippen LogP contribution in [0.25, 0.3) is 5.69 Å². The molecule has 0 saturated heterocycles. The van der Waals surface area contributed by atoms with Gasteiger partial charge in [-0.15, -0.1) is 0 Å². The van der Waals surface area contributed by atoms with E-state index in [0.29, 0.717) is 0 Å². The molecule has 0 saturated carbocycles. The number of halogens is 1. The van der Waals surface area contributed by atoms with Crippen molar-refractivity contribution in [2.24, 2.45) is 0 Å². The lowest BCUT2D eigenvalue weighted by Crippen LogP contribution is -2.00. The number of nitrogens with zero attached hydrogens (tertiary/aromatic N) is 2. The van der Waals surface area contributed by atoms with Gasteiger partial charge in [-0.25, -0.2) is 4.68 Å². The molecule has 17 heavy (non-hydrogen) atoms. The zero-order chi connectivity index (χ0) is 12.6. The van der Waals surface area contributed by atoms with Gasteiger partial charge in [-0.05, 0) is 56.5 Å². The number of alkyl halides is 1. The average Bonchev–Trinajstić information content (AvgIpc) is 2.57. The Labute approximate surface area is 111 Å². The van der Waals surface area contributed by atoms with Gasteiger partial charge in [-0.1, -0.05) is 22.0 Å². The van der Waals surface area contributed by atoms with Crippen molar-refractivity contribution in [3.05, 3.63) is 46.3 Å². The smallest absolute Gasteiger partial charge is 0.0651 e. The van der Waals surface area contributed by atoms with Crippen molar-refractivity contribution in [1.29, 1.82) is 0 Å². The number of rotatable bonds is 2. The predicted octanol–water partition coefficient (Wildman–Crippen LogP) is 4.00. The van der Waals surface area contributed by atoms with E-state index in [0.717, 1.165) is 16.7 Å². The molecule has 0 aliphatic heterocycles. The van der Waals surface area contributed by atoms with E-state index >= 15 is 0 Å². The Morgan fingerprint density at radius 2 is 1.88 bits per heavy atom. The highest BCUT2D eigenvalue weighted by Crippen LogP contribution is 2.20. The van der Waals surface area contributed by atoms with Crippen LogP contribution in [0.4, 0.5) is 0 Å². The van der Waals surface area contributed by atoms with Crippen LogP contribution in [-0.2, 0) is 5.33 Å². The molecule has 0 aliphatic carbocycles. The highest BCUT2D eigenvalue weighted by atomic mass is 79.9. The summed E-state index contributed by atoms with van der Waals surface area (Å²) >= 11 is 3.50. The van der Waals surface area contributed by atoms with E-state index < -0.39 is 0 Å². The molecular weight excluding hydrogens is 276 g/mol. The van der Waals surface area contributed by atoms with Gasteiger partial charge in [-0.2, -0.15) is 5.10 Å². The van der Waals surface area contributed by atoms with Gasteiger partial charge in [0.25, 0.3) is 0 Å². The SMILES string of the molecule is Cc1cc(-n2nc(C)c(C)c2C)ccc1CBr. The van der Waals surface area contributed by atoms with Gasteiger partial charge >= 0.3 is 0 Å². The molecule has 1 aromatic heterocycles. The quantitative estimate of drug-likeness (QED) is 0.765. The Hall–Kier alpha value is -1.09. The maximum Gasteiger partial charge on any atom is 0.0651 e. The van der Waals surface area contributed by atoms with Crippen molar-refractivity contribution in [2.45, 2.75) is 33.0 Å². The van der Waals surface area contributed by atoms with Crippen molar-refractivity contribution in [1.82, 2.24) is 9.78 Å². The summed E-state index contributed by atoms with van der Waals surface area (Å²) in [5.74, 6) is 0. The van der Waals surface area contributed by atoms with E-state index in [-0.39, 0.29) is 0 Å². The predicted molar refractivity (Wildman–Crippen MR) is 75.1 cm³/mol. The Morgan fingerprint density at radius 1 is 1.18 bits per heavy atom. The van der Waals surface area contributed by atoms with E-state index in [1.807, 2.05) is 4.68 Å². The summed E-state index contributed by atoms with van der Waals surface area (Å²) < 4.78 is 2.02. The second-order valence-electron chi connectivity index (χ2n) is 4.45. The van der Waals surface area contributed by atoms with Crippen molar-refractivity contribution in [3.63, 3.8) is 0 Å². The third kappa shape index (κ3) is 2.16. The van der Waals surface area contributed by atoms with Crippen LogP contribution in [-0.4, -0.2) is 9.78 Å². The van der Waals surface area contributed by atoms with E-state index in [1.165, 1.54) is 22.4 Å². The van der Waals surface area contributed by atoms with Gasteiger partial charge in [0.15, 0.2) is 0 Å². The topological polar surface area (TPSA) is 17.8 Å². The van der Waals surface area contributed by atoms with Crippen molar-refractivity contribution < 1.29 is 0 Å². The Morgan fingerprint density at radius 3 is 2.35 bits per heavy atom. The largest absolute Gasteiger partial charge is 0.238 e. The van der Waals surface area contributed by atoms with Crippen LogP contribution in [0.15, 0.2) is 18.2 Å². The van der Waals surface area contributed by atoms with Crippen molar-refractivity contribution in [2.75, 3.05) is 0 Å². The molecule has 0 atom stereocenters. The molecule has 2 nitrogen and oxygen atoms in total. The molecule has 0 amide bonds. The molecular formula is C14H17BrN2. The van der Waals surface area contributed by atoms with E-state index in [4.69, 9.17) is 0 Å². The third-order valence-corrected chi connectivity index (χ3v) is 3.97. The van der Waals surface area contributed by atoms with Crippen LogP contribution >= 0.6 is 15.9 Å². The van der Waals surface area contributed by atoms with Crippen molar-refractivity contribution >= 4 is 15.9 Å². The molecule has 0 radical (unpaired) electrons. The van der Waals surface area contributed by atoms with Gasteiger partial charge in [0.05, 0.1) is 11.4 Å². The fraction of sp³-hybridized carbons (Fsp3) is 0.357. The summed E-state index contributed by atoms with van der Waals surface area (Å²) in [7, 11) is 0. The summed E-state index contributed by atoms with van der Waals surface area (Å²) in [4.78, 5) is 0. The molecule has 2 aromatic rings. The molecule has 0 spiro atoms. The third-order valence-electron chi connectivity index (χ3n) is 3.37. The number of aryl methyl sites for hydroxylation is 2. The monoisotopic (exact) mass is 292 g/mol. The molecule has 1 aromatic carbocycles. The molecule has 90 valence electrons. The second-order valence-corrected chi connectivity index (χ2v) is 5.01. The molecule has 0 bridgehead atoms. The van der Waals surface area contributed by atoms with Gasteiger partial charge in [0.2, 0.25) is 0 Å². The van der Waals surface area contributed by atoms with Gasteiger partial charge in [-0.3, -0.25) is 0 Å². The normalized spacial score (nSPS) is 10.9. The van der Waals surface area contributed by atoms with Gasteiger partial charge in [0.1, 0.15) is 0 Å². The maximum absolute atomic E-state index is 4.58. The molecule has 0 fully saturated rings. The zero-order valence-corrected chi connectivity index (χ0v) is 12.3. The van der Waals surface area contributed by atoms with Crippen LogP contribution in [0.1, 0.15) is 28.1 Å². The molecule has 0 N–H and O–H groups in total. The summed E-state index contributed by atoms with van der Waals surface area (Å²) in [6.07, 6.45) is 0. The van der Waals surface area contributed by atoms with E-state index in [9.17, 15) is 0 Å². The summed E-state index contributed by atoms with van der Waals surface area (Å²) in [6, 6.07) is 6.48. The standard InChI is InChI=1S/C14H17BrN2/c1-9-7-14(6-5-13(9)8-15)17-12(4)10(2)11(3)16-17/h5-7H,8H2,1-4H3. The van der Waals surface area contributed by atoms with Gasteiger partial charge < -0.3 is 0 Å². The fourth-order valence-electron chi connectivity index (χ4n) is 1.93. The van der Waals surface area contributed by atoms with Gasteiger partial charge in [0, 0.05) is 11.0 Å². The lowest BCUT2D eigenvalue weighted by Gasteiger charge is -2.08. The minimum atomic E-state index is 0.898. The molecule has 0 aliphatic rings. The Balaban J connectivity index is 2.53. The van der Waals surface area contributed by atoms with Crippen LogP contribution in [0.2, 0.25) is 0 Å². The number of aromatic nitrogens is 2. The molecule has 0 unspecified atom stereocenters. The average molecular weight is 293 g/mol. The highest BCUT2D eigenvalue weighted by molar-refractivity contribution is 9.08. The summed E-state index contributed by atoms with van der Waals surface area (Å²) in [5, 5.41) is 5.48. The fourth-order valence-corrected chi connectivity index (χ4v) is 2.56. The zero-order valence-electron chi connectivity index (χ0n) is 10.7. The molecule has 1 heterocycles. The lowest BCUT2D eigenvalue weighted by molar-refractivity contribution is 0.831. The first kappa shape index (κ1) is 12.4. The molecule has 3 heteroatoms. The summed E-state index contributed by atoms with van der Waals surface area (Å²) in [5.41, 5.74) is 7.35. The van der Waals surface area contributed by atoms with E-state index in [1.54, 1.807) is 0 Å². The van der Waals surface area contributed by atoms with Crippen molar-refractivity contribution in [3.8, 4) is 5.69 Å². The van der Waals surface area contributed by atoms with Crippen LogP contribution in [0.3, 0.4) is 0 Å². The minimum absolute atomic E-state index is 0.898. The summed E-state index contributed by atoms with van der Waals surface area (Å²) in [6.45, 7) is 8.42. The number of hydrogen-bond acceptors (Lipinski definition) is 1. The number of hydrogen-bond donors (Lipinski definition) is 0.